The predicted molar refractivity (Wildman–Crippen MR) is 84.7 cm³/mol. The molecular formula is C15H20N2O3S. The third kappa shape index (κ3) is 4.68. The lowest BCUT2D eigenvalue weighted by molar-refractivity contribution is 0.0974. The monoisotopic (exact) mass is 308 g/mol. The van der Waals surface area contributed by atoms with Gasteiger partial charge in [0.25, 0.3) is 5.91 Å². The molecule has 114 valence electrons. The lowest BCUT2D eigenvalue weighted by Crippen LogP contribution is -2.41. The second-order valence-electron chi connectivity index (χ2n) is 4.82. The van der Waals surface area contributed by atoms with E-state index in [0.29, 0.717) is 29.6 Å². The minimum atomic E-state index is -0.185. The van der Waals surface area contributed by atoms with Gasteiger partial charge < -0.3 is 14.4 Å². The molecule has 5 nitrogen and oxygen atoms in total. The Balaban J connectivity index is 1.85. The van der Waals surface area contributed by atoms with Crippen LogP contribution in [0.4, 0.5) is 0 Å². The van der Waals surface area contributed by atoms with Gasteiger partial charge in [-0.3, -0.25) is 10.1 Å². The Morgan fingerprint density at radius 2 is 1.90 bits per heavy atom. The molecule has 0 bridgehead atoms. The molecule has 0 aromatic heterocycles. The quantitative estimate of drug-likeness (QED) is 0.664. The number of benzene rings is 1. The van der Waals surface area contributed by atoms with Crippen molar-refractivity contribution in [3.8, 4) is 5.75 Å². The normalized spacial score (nSPS) is 14.0. The smallest absolute Gasteiger partial charge is 0.257 e. The van der Waals surface area contributed by atoms with Crippen LogP contribution in [0.15, 0.2) is 24.3 Å². The molecule has 0 unspecified atom stereocenters. The first-order chi connectivity index (χ1) is 10.2. The fourth-order valence-electron chi connectivity index (χ4n) is 2.11. The van der Waals surface area contributed by atoms with Gasteiger partial charge in [-0.05, 0) is 49.3 Å². The number of rotatable bonds is 5. The molecule has 2 rings (SSSR count). The third-order valence-corrected chi connectivity index (χ3v) is 3.65. The largest absolute Gasteiger partial charge is 0.491 e. The van der Waals surface area contributed by atoms with Crippen molar-refractivity contribution in [2.24, 2.45) is 0 Å². The molecule has 0 aliphatic carbocycles. The van der Waals surface area contributed by atoms with E-state index < -0.39 is 0 Å². The maximum Gasteiger partial charge on any atom is 0.257 e. The lowest BCUT2D eigenvalue weighted by atomic mass is 10.2. The molecule has 0 radical (unpaired) electrons. The number of nitrogens with one attached hydrogen (secondary N) is 1. The minimum absolute atomic E-state index is 0.185. The fraction of sp³-hybridized carbons (Fsp3) is 0.467. The Labute approximate surface area is 130 Å². The van der Waals surface area contributed by atoms with Gasteiger partial charge in [0.15, 0.2) is 5.11 Å². The average molecular weight is 308 g/mol. The van der Waals surface area contributed by atoms with Gasteiger partial charge in [0, 0.05) is 25.8 Å². The highest BCUT2D eigenvalue weighted by Gasteiger charge is 2.17. The van der Waals surface area contributed by atoms with E-state index in [1.54, 1.807) is 31.4 Å². The molecule has 0 saturated carbocycles. The Morgan fingerprint density at radius 1 is 1.24 bits per heavy atom. The van der Waals surface area contributed by atoms with Crippen LogP contribution in [0.5, 0.6) is 5.75 Å². The van der Waals surface area contributed by atoms with Crippen LogP contribution in [0.25, 0.3) is 0 Å². The zero-order valence-corrected chi connectivity index (χ0v) is 12.9. The van der Waals surface area contributed by atoms with Crippen LogP contribution in [0.2, 0.25) is 0 Å². The minimum Gasteiger partial charge on any atom is -0.491 e. The molecule has 1 aliphatic heterocycles. The number of likely N-dealkylation sites (tertiary alicyclic amines) is 1. The second-order valence-corrected chi connectivity index (χ2v) is 5.21. The van der Waals surface area contributed by atoms with Crippen molar-refractivity contribution in [2.45, 2.75) is 12.8 Å². The standard InChI is InChI=1S/C15H20N2O3S/c1-19-10-11-20-13-6-4-12(5-7-13)14(18)16-15(21)17-8-2-3-9-17/h4-7H,2-3,8-11H2,1H3,(H,16,18,21). The zero-order chi connectivity index (χ0) is 15.1. The van der Waals surface area contributed by atoms with Crippen LogP contribution in [0.3, 0.4) is 0 Å². The van der Waals surface area contributed by atoms with Gasteiger partial charge in [0.2, 0.25) is 0 Å². The highest BCUT2D eigenvalue weighted by atomic mass is 32.1. The van der Waals surface area contributed by atoms with Crippen LogP contribution in [-0.2, 0) is 4.74 Å². The molecular weight excluding hydrogens is 288 g/mol. The zero-order valence-electron chi connectivity index (χ0n) is 12.1. The number of thiocarbonyl (C=S) groups is 1. The van der Waals surface area contributed by atoms with E-state index in [9.17, 15) is 4.79 Å². The summed E-state index contributed by atoms with van der Waals surface area (Å²) in [6.07, 6.45) is 2.26. The van der Waals surface area contributed by atoms with Crippen molar-refractivity contribution in [3.05, 3.63) is 29.8 Å². The average Bonchev–Trinajstić information content (AvgIpc) is 3.02. The number of carbonyl (C=O) groups is 1. The number of carbonyl (C=O) groups excluding carboxylic acids is 1. The van der Waals surface area contributed by atoms with Crippen molar-refractivity contribution in [1.29, 1.82) is 0 Å². The summed E-state index contributed by atoms with van der Waals surface area (Å²) in [7, 11) is 1.63. The lowest BCUT2D eigenvalue weighted by Gasteiger charge is -2.18. The highest BCUT2D eigenvalue weighted by molar-refractivity contribution is 7.80. The third-order valence-electron chi connectivity index (χ3n) is 3.29. The van der Waals surface area contributed by atoms with Crippen molar-refractivity contribution in [1.82, 2.24) is 10.2 Å². The first-order valence-corrected chi connectivity index (χ1v) is 7.43. The molecule has 1 fully saturated rings. The maximum atomic E-state index is 12.1. The van der Waals surface area contributed by atoms with E-state index in [1.807, 2.05) is 4.90 Å². The summed E-state index contributed by atoms with van der Waals surface area (Å²) < 4.78 is 10.4. The summed E-state index contributed by atoms with van der Waals surface area (Å²) in [6.45, 7) is 2.87. The van der Waals surface area contributed by atoms with Gasteiger partial charge >= 0.3 is 0 Å². The van der Waals surface area contributed by atoms with E-state index in [0.717, 1.165) is 25.9 Å². The van der Waals surface area contributed by atoms with Crippen LogP contribution < -0.4 is 10.1 Å². The summed E-state index contributed by atoms with van der Waals surface area (Å²) >= 11 is 5.24. The van der Waals surface area contributed by atoms with Crippen LogP contribution >= 0.6 is 12.2 Å². The van der Waals surface area contributed by atoms with Crippen molar-refractivity contribution >= 4 is 23.2 Å². The Morgan fingerprint density at radius 3 is 2.52 bits per heavy atom. The van der Waals surface area contributed by atoms with Crippen LogP contribution in [0, 0.1) is 0 Å². The number of hydrogen-bond donors (Lipinski definition) is 1. The molecule has 1 N–H and O–H groups in total. The molecule has 1 saturated heterocycles. The molecule has 21 heavy (non-hydrogen) atoms. The summed E-state index contributed by atoms with van der Waals surface area (Å²) in [6, 6.07) is 6.99. The van der Waals surface area contributed by atoms with E-state index in [2.05, 4.69) is 5.32 Å². The molecule has 1 amide bonds. The molecule has 0 atom stereocenters. The molecule has 1 aromatic rings. The summed E-state index contributed by atoms with van der Waals surface area (Å²) in [5, 5.41) is 3.28. The Hall–Kier alpha value is -1.66. The van der Waals surface area contributed by atoms with Gasteiger partial charge in [0.05, 0.1) is 6.61 Å². The Kier molecular flexibility index (Phi) is 5.95. The molecule has 1 aliphatic rings. The first-order valence-electron chi connectivity index (χ1n) is 7.03. The topological polar surface area (TPSA) is 50.8 Å². The van der Waals surface area contributed by atoms with E-state index in [-0.39, 0.29) is 5.91 Å². The first kappa shape index (κ1) is 15.7. The maximum absolute atomic E-state index is 12.1. The fourth-order valence-corrected chi connectivity index (χ4v) is 2.39. The predicted octanol–water partition coefficient (Wildman–Crippen LogP) is 1.82. The number of amides is 1. The van der Waals surface area contributed by atoms with Crippen LogP contribution in [-0.4, -0.2) is 49.3 Å². The van der Waals surface area contributed by atoms with E-state index >= 15 is 0 Å². The van der Waals surface area contributed by atoms with Gasteiger partial charge in [-0.25, -0.2) is 0 Å². The number of nitrogens with zero attached hydrogens (tertiary/aromatic N) is 1. The van der Waals surface area contributed by atoms with Gasteiger partial charge in [-0.15, -0.1) is 0 Å². The van der Waals surface area contributed by atoms with Crippen molar-refractivity contribution in [2.75, 3.05) is 33.4 Å². The molecule has 1 aromatic carbocycles. The van der Waals surface area contributed by atoms with Crippen molar-refractivity contribution < 1.29 is 14.3 Å². The Bertz CT molecular complexity index is 484. The summed E-state index contributed by atoms with van der Waals surface area (Å²) in [5.41, 5.74) is 0.565. The van der Waals surface area contributed by atoms with E-state index in [4.69, 9.17) is 21.7 Å². The summed E-state index contributed by atoms with van der Waals surface area (Å²) in [4.78, 5) is 14.1. The SMILES string of the molecule is COCCOc1ccc(C(=O)NC(=S)N2CCCC2)cc1. The van der Waals surface area contributed by atoms with E-state index in [1.165, 1.54) is 0 Å². The number of hydrogen-bond acceptors (Lipinski definition) is 4. The van der Waals surface area contributed by atoms with Crippen LogP contribution in [0.1, 0.15) is 23.2 Å². The molecule has 1 heterocycles. The summed E-state index contributed by atoms with van der Waals surface area (Å²) in [5.74, 6) is 0.529. The van der Waals surface area contributed by atoms with Crippen molar-refractivity contribution in [3.63, 3.8) is 0 Å². The molecule has 6 heteroatoms. The van der Waals surface area contributed by atoms with Gasteiger partial charge in [-0.1, -0.05) is 0 Å². The molecule has 0 spiro atoms. The number of ether oxygens (including phenoxy) is 2. The van der Waals surface area contributed by atoms with Gasteiger partial charge in [-0.2, -0.15) is 0 Å². The van der Waals surface area contributed by atoms with Gasteiger partial charge in [0.1, 0.15) is 12.4 Å². The number of methoxy groups -OCH3 is 1. The highest BCUT2D eigenvalue weighted by Crippen LogP contribution is 2.13. The second kappa shape index (κ2) is 7.95.